The fourth-order valence-corrected chi connectivity index (χ4v) is 1.95. The number of hydrogen-bond donors (Lipinski definition) is 1. The quantitative estimate of drug-likeness (QED) is 0.920. The summed E-state index contributed by atoms with van der Waals surface area (Å²) < 4.78 is 0. The Morgan fingerprint density at radius 3 is 2.50 bits per heavy atom. The summed E-state index contributed by atoms with van der Waals surface area (Å²) >= 11 is 5.86. The molecule has 2 rings (SSSR count). The molecule has 94 valence electrons. The molecule has 1 aromatic heterocycles. The van der Waals surface area contributed by atoms with Crippen LogP contribution in [-0.4, -0.2) is 16.9 Å². The van der Waals surface area contributed by atoms with Crippen LogP contribution >= 0.6 is 11.6 Å². The highest BCUT2D eigenvalue weighted by molar-refractivity contribution is 6.30. The fraction of sp³-hybridized carbons (Fsp3) is 0.214. The lowest BCUT2D eigenvalue weighted by atomic mass is 10.2. The first-order valence-corrected chi connectivity index (χ1v) is 6.15. The van der Waals surface area contributed by atoms with Gasteiger partial charge in [-0.3, -0.25) is 4.90 Å². The first-order valence-electron chi connectivity index (χ1n) is 5.78. The van der Waals surface area contributed by atoms with Crippen molar-refractivity contribution >= 4 is 17.4 Å². The van der Waals surface area contributed by atoms with E-state index in [4.69, 9.17) is 17.3 Å². The molecule has 0 atom stereocenters. The summed E-state index contributed by atoms with van der Waals surface area (Å²) in [6, 6.07) is 13.6. The topological polar surface area (TPSA) is 42.1 Å². The highest BCUT2D eigenvalue weighted by atomic mass is 35.5. The summed E-state index contributed by atoms with van der Waals surface area (Å²) in [6.45, 7) is 1.63. The second-order valence-electron chi connectivity index (χ2n) is 4.35. The highest BCUT2D eigenvalue weighted by Crippen LogP contribution is 2.12. The monoisotopic (exact) mass is 261 g/mol. The first-order chi connectivity index (χ1) is 8.63. The van der Waals surface area contributed by atoms with Gasteiger partial charge in [-0.25, -0.2) is 4.98 Å². The maximum atomic E-state index is 5.86. The van der Waals surface area contributed by atoms with Gasteiger partial charge in [-0.05, 0) is 36.9 Å². The van der Waals surface area contributed by atoms with E-state index in [2.05, 4.69) is 16.9 Å². The lowest BCUT2D eigenvalue weighted by Gasteiger charge is -2.16. The van der Waals surface area contributed by atoms with Crippen molar-refractivity contribution < 1.29 is 0 Å². The average Bonchev–Trinajstić information content (AvgIpc) is 2.32. The van der Waals surface area contributed by atoms with E-state index in [9.17, 15) is 0 Å². The van der Waals surface area contributed by atoms with Crippen LogP contribution in [0, 0.1) is 0 Å². The number of rotatable bonds is 4. The largest absolute Gasteiger partial charge is 0.384 e. The second kappa shape index (κ2) is 5.85. The minimum atomic E-state index is 0.562. The van der Waals surface area contributed by atoms with Gasteiger partial charge in [0, 0.05) is 18.1 Å². The van der Waals surface area contributed by atoms with Gasteiger partial charge < -0.3 is 5.73 Å². The highest BCUT2D eigenvalue weighted by Gasteiger charge is 2.03. The van der Waals surface area contributed by atoms with Crippen LogP contribution in [0.15, 0.2) is 42.5 Å². The number of anilines is 1. The summed E-state index contributed by atoms with van der Waals surface area (Å²) in [6.07, 6.45) is 0. The van der Waals surface area contributed by atoms with Crippen LogP contribution in [0.4, 0.5) is 5.82 Å². The van der Waals surface area contributed by atoms with Gasteiger partial charge in [0.15, 0.2) is 0 Å². The van der Waals surface area contributed by atoms with Crippen LogP contribution in [0.1, 0.15) is 11.3 Å². The lowest BCUT2D eigenvalue weighted by molar-refractivity contribution is 0.315. The Morgan fingerprint density at radius 2 is 1.83 bits per heavy atom. The Balaban J connectivity index is 1.96. The number of halogens is 1. The van der Waals surface area contributed by atoms with Gasteiger partial charge in [0.1, 0.15) is 5.82 Å². The van der Waals surface area contributed by atoms with E-state index in [0.29, 0.717) is 5.82 Å². The number of aromatic nitrogens is 1. The molecule has 2 N–H and O–H groups in total. The van der Waals surface area contributed by atoms with Crippen molar-refractivity contribution in [2.45, 2.75) is 13.1 Å². The Kier molecular flexibility index (Phi) is 4.18. The van der Waals surface area contributed by atoms with E-state index in [1.165, 1.54) is 5.56 Å². The number of pyridine rings is 1. The van der Waals surface area contributed by atoms with Gasteiger partial charge >= 0.3 is 0 Å². The predicted octanol–water partition coefficient (Wildman–Crippen LogP) is 2.95. The summed E-state index contributed by atoms with van der Waals surface area (Å²) in [4.78, 5) is 6.47. The van der Waals surface area contributed by atoms with Crippen molar-refractivity contribution in [3.63, 3.8) is 0 Å². The lowest BCUT2D eigenvalue weighted by Crippen LogP contribution is -2.18. The molecule has 1 aromatic carbocycles. The molecular formula is C14H16ClN3. The molecule has 0 aliphatic carbocycles. The molecule has 4 heteroatoms. The van der Waals surface area contributed by atoms with E-state index in [1.807, 2.05) is 36.4 Å². The first kappa shape index (κ1) is 12.9. The fourth-order valence-electron chi connectivity index (χ4n) is 1.82. The Labute approximate surface area is 112 Å². The molecule has 0 spiro atoms. The molecule has 0 aliphatic heterocycles. The number of nitrogens with zero attached hydrogens (tertiary/aromatic N) is 2. The van der Waals surface area contributed by atoms with Crippen LogP contribution in [-0.2, 0) is 13.1 Å². The standard InChI is InChI=1S/C14H16ClN3/c1-18(9-11-5-7-12(15)8-6-11)10-13-3-2-4-14(16)17-13/h2-8H,9-10H2,1H3,(H2,16,17). The van der Waals surface area contributed by atoms with Crippen molar-refractivity contribution in [3.05, 3.63) is 58.7 Å². The van der Waals surface area contributed by atoms with Crippen LogP contribution in [0.25, 0.3) is 0 Å². The van der Waals surface area contributed by atoms with Crippen LogP contribution in [0.3, 0.4) is 0 Å². The number of nitrogens with two attached hydrogens (primary N) is 1. The maximum absolute atomic E-state index is 5.86. The zero-order valence-corrected chi connectivity index (χ0v) is 11.1. The summed E-state index contributed by atoms with van der Waals surface area (Å²) in [5, 5.41) is 0.763. The second-order valence-corrected chi connectivity index (χ2v) is 4.79. The summed E-state index contributed by atoms with van der Waals surface area (Å²) in [5.74, 6) is 0.562. The number of nitrogen functional groups attached to an aromatic ring is 1. The van der Waals surface area contributed by atoms with Gasteiger partial charge in [-0.2, -0.15) is 0 Å². The van der Waals surface area contributed by atoms with E-state index in [0.717, 1.165) is 23.8 Å². The zero-order chi connectivity index (χ0) is 13.0. The molecule has 0 bridgehead atoms. The molecule has 3 nitrogen and oxygen atoms in total. The van der Waals surface area contributed by atoms with Crippen molar-refractivity contribution in [2.24, 2.45) is 0 Å². The van der Waals surface area contributed by atoms with Crippen molar-refractivity contribution in [1.29, 1.82) is 0 Å². The van der Waals surface area contributed by atoms with Crippen molar-refractivity contribution in [3.8, 4) is 0 Å². The Bertz CT molecular complexity index is 511. The molecule has 0 fully saturated rings. The minimum absolute atomic E-state index is 0.562. The number of hydrogen-bond acceptors (Lipinski definition) is 3. The zero-order valence-electron chi connectivity index (χ0n) is 10.3. The Hall–Kier alpha value is -1.58. The van der Waals surface area contributed by atoms with Gasteiger partial charge in [-0.15, -0.1) is 0 Å². The summed E-state index contributed by atoms with van der Waals surface area (Å²) in [7, 11) is 2.06. The summed E-state index contributed by atoms with van der Waals surface area (Å²) in [5.41, 5.74) is 7.87. The smallest absolute Gasteiger partial charge is 0.123 e. The van der Waals surface area contributed by atoms with E-state index >= 15 is 0 Å². The number of benzene rings is 1. The molecule has 0 saturated heterocycles. The van der Waals surface area contributed by atoms with Crippen LogP contribution in [0.5, 0.6) is 0 Å². The maximum Gasteiger partial charge on any atom is 0.123 e. The molecule has 0 unspecified atom stereocenters. The predicted molar refractivity (Wildman–Crippen MR) is 75.3 cm³/mol. The third-order valence-electron chi connectivity index (χ3n) is 2.63. The van der Waals surface area contributed by atoms with Crippen LogP contribution < -0.4 is 5.73 Å². The molecule has 18 heavy (non-hydrogen) atoms. The molecule has 1 heterocycles. The van der Waals surface area contributed by atoms with Crippen LogP contribution in [0.2, 0.25) is 5.02 Å². The van der Waals surface area contributed by atoms with E-state index in [1.54, 1.807) is 6.07 Å². The van der Waals surface area contributed by atoms with Crippen molar-refractivity contribution in [1.82, 2.24) is 9.88 Å². The van der Waals surface area contributed by atoms with Gasteiger partial charge in [0.05, 0.1) is 5.69 Å². The Morgan fingerprint density at radius 1 is 1.11 bits per heavy atom. The van der Waals surface area contributed by atoms with E-state index < -0.39 is 0 Å². The third kappa shape index (κ3) is 3.72. The molecule has 0 radical (unpaired) electrons. The normalized spacial score (nSPS) is 10.8. The molecular weight excluding hydrogens is 246 g/mol. The molecule has 0 saturated carbocycles. The third-order valence-corrected chi connectivity index (χ3v) is 2.88. The minimum Gasteiger partial charge on any atom is -0.384 e. The molecule has 2 aromatic rings. The SMILES string of the molecule is CN(Cc1ccc(Cl)cc1)Cc1cccc(N)n1. The van der Waals surface area contributed by atoms with Gasteiger partial charge in [0.2, 0.25) is 0 Å². The van der Waals surface area contributed by atoms with E-state index in [-0.39, 0.29) is 0 Å². The molecule has 0 amide bonds. The van der Waals surface area contributed by atoms with Gasteiger partial charge in [-0.1, -0.05) is 29.8 Å². The van der Waals surface area contributed by atoms with Crippen molar-refractivity contribution in [2.75, 3.05) is 12.8 Å². The molecule has 0 aliphatic rings. The average molecular weight is 262 g/mol. The van der Waals surface area contributed by atoms with Gasteiger partial charge in [0.25, 0.3) is 0 Å².